The number of amides is 1. The first-order valence-corrected chi connectivity index (χ1v) is 7.11. The summed E-state index contributed by atoms with van der Waals surface area (Å²) in [4.78, 5) is 22.7. The van der Waals surface area contributed by atoms with Crippen molar-refractivity contribution >= 4 is 11.7 Å². The van der Waals surface area contributed by atoms with Crippen molar-refractivity contribution in [3.63, 3.8) is 0 Å². The standard InChI is InChI=1S/C13H20N6O/c14-18-12-8-15-10(7-16-12)13(20)17-9-4-6-19-5-2-1-3-11(9)19/h7-9,11H,1-6,14H2,(H,16,18)(H,17,20). The fraction of sp³-hybridized carbons (Fsp3) is 0.615. The number of hydrogen-bond acceptors (Lipinski definition) is 6. The van der Waals surface area contributed by atoms with Crippen LogP contribution < -0.4 is 16.6 Å². The number of aromatic nitrogens is 2. The van der Waals surface area contributed by atoms with Gasteiger partial charge in [-0.3, -0.25) is 9.69 Å². The van der Waals surface area contributed by atoms with E-state index >= 15 is 0 Å². The molecule has 2 aliphatic heterocycles. The number of anilines is 1. The average molecular weight is 276 g/mol. The number of rotatable bonds is 3. The van der Waals surface area contributed by atoms with Crippen LogP contribution in [0.1, 0.15) is 36.2 Å². The van der Waals surface area contributed by atoms with Crippen LogP contribution in [0.15, 0.2) is 12.4 Å². The summed E-state index contributed by atoms with van der Waals surface area (Å²) >= 11 is 0. The first-order chi connectivity index (χ1) is 9.78. The van der Waals surface area contributed by atoms with E-state index in [4.69, 9.17) is 5.84 Å². The van der Waals surface area contributed by atoms with Crippen LogP contribution in [0.4, 0.5) is 5.82 Å². The summed E-state index contributed by atoms with van der Waals surface area (Å²) in [6.45, 7) is 2.24. The molecule has 3 heterocycles. The summed E-state index contributed by atoms with van der Waals surface area (Å²) in [5.41, 5.74) is 2.72. The Morgan fingerprint density at radius 2 is 2.15 bits per heavy atom. The van der Waals surface area contributed by atoms with Crippen LogP contribution in [0.5, 0.6) is 0 Å². The molecular formula is C13H20N6O. The minimum atomic E-state index is -0.154. The van der Waals surface area contributed by atoms with Gasteiger partial charge in [0.1, 0.15) is 5.69 Å². The third kappa shape index (κ3) is 2.59. The molecule has 1 aromatic rings. The Balaban J connectivity index is 1.63. The summed E-state index contributed by atoms with van der Waals surface area (Å²) in [6.07, 6.45) is 7.62. The molecule has 3 rings (SSSR count). The predicted molar refractivity (Wildman–Crippen MR) is 74.9 cm³/mol. The van der Waals surface area contributed by atoms with Gasteiger partial charge in [0.05, 0.1) is 12.4 Å². The van der Waals surface area contributed by atoms with Gasteiger partial charge in [-0.15, -0.1) is 0 Å². The number of carbonyl (C=O) groups excluding carboxylic acids is 1. The molecule has 7 nitrogen and oxygen atoms in total. The van der Waals surface area contributed by atoms with E-state index in [0.717, 1.165) is 19.5 Å². The Labute approximate surface area is 117 Å². The lowest BCUT2D eigenvalue weighted by Gasteiger charge is -2.32. The number of fused-ring (bicyclic) bond motifs is 1. The molecule has 0 aromatic carbocycles. The lowest BCUT2D eigenvalue weighted by atomic mass is 9.99. The van der Waals surface area contributed by atoms with Crippen molar-refractivity contribution in [2.24, 2.45) is 5.84 Å². The Kier molecular flexibility index (Phi) is 3.79. The largest absolute Gasteiger partial charge is 0.346 e. The van der Waals surface area contributed by atoms with Gasteiger partial charge in [0.2, 0.25) is 0 Å². The molecule has 0 saturated carbocycles. The molecule has 7 heteroatoms. The summed E-state index contributed by atoms with van der Waals surface area (Å²) < 4.78 is 0. The van der Waals surface area contributed by atoms with E-state index < -0.39 is 0 Å². The van der Waals surface area contributed by atoms with Crippen molar-refractivity contribution in [3.8, 4) is 0 Å². The lowest BCUT2D eigenvalue weighted by Crippen LogP contribution is -2.46. The van der Waals surface area contributed by atoms with Gasteiger partial charge < -0.3 is 10.7 Å². The molecular weight excluding hydrogens is 256 g/mol. The SMILES string of the molecule is NNc1cnc(C(=O)NC2CCN3CCCCC23)cn1. The van der Waals surface area contributed by atoms with Crippen molar-refractivity contribution in [2.75, 3.05) is 18.5 Å². The van der Waals surface area contributed by atoms with Crippen molar-refractivity contribution in [2.45, 2.75) is 37.8 Å². The van der Waals surface area contributed by atoms with Crippen LogP contribution in [-0.2, 0) is 0 Å². The molecule has 0 aliphatic carbocycles. The Morgan fingerprint density at radius 3 is 2.90 bits per heavy atom. The van der Waals surface area contributed by atoms with Gasteiger partial charge in [0, 0.05) is 18.6 Å². The van der Waals surface area contributed by atoms with Gasteiger partial charge in [-0.1, -0.05) is 6.42 Å². The molecule has 108 valence electrons. The van der Waals surface area contributed by atoms with E-state index in [-0.39, 0.29) is 11.9 Å². The average Bonchev–Trinajstić information content (AvgIpc) is 2.91. The maximum absolute atomic E-state index is 12.2. The van der Waals surface area contributed by atoms with Crippen molar-refractivity contribution in [1.29, 1.82) is 0 Å². The van der Waals surface area contributed by atoms with Crippen molar-refractivity contribution in [1.82, 2.24) is 20.2 Å². The normalized spacial score (nSPS) is 26.1. The van der Waals surface area contributed by atoms with Gasteiger partial charge in [-0.25, -0.2) is 15.8 Å². The Hall–Kier alpha value is -1.73. The van der Waals surface area contributed by atoms with Gasteiger partial charge in [0.15, 0.2) is 5.82 Å². The van der Waals surface area contributed by atoms with Crippen LogP contribution in [0, 0.1) is 0 Å². The van der Waals surface area contributed by atoms with Gasteiger partial charge in [-0.2, -0.15) is 0 Å². The smallest absolute Gasteiger partial charge is 0.271 e. The first kappa shape index (κ1) is 13.3. The Morgan fingerprint density at radius 1 is 1.25 bits per heavy atom. The van der Waals surface area contributed by atoms with Gasteiger partial charge in [-0.05, 0) is 25.8 Å². The molecule has 0 bridgehead atoms. The van der Waals surface area contributed by atoms with E-state index in [0.29, 0.717) is 17.6 Å². The van der Waals surface area contributed by atoms with E-state index in [2.05, 4.69) is 25.6 Å². The van der Waals surface area contributed by atoms with E-state index in [1.165, 1.54) is 31.7 Å². The molecule has 1 amide bonds. The number of hydrazine groups is 1. The summed E-state index contributed by atoms with van der Waals surface area (Å²) in [5.74, 6) is 5.51. The van der Waals surface area contributed by atoms with Crippen LogP contribution >= 0.6 is 0 Å². The second-order valence-corrected chi connectivity index (χ2v) is 5.40. The number of hydrogen-bond donors (Lipinski definition) is 3. The molecule has 20 heavy (non-hydrogen) atoms. The lowest BCUT2D eigenvalue weighted by molar-refractivity contribution is 0.0910. The zero-order chi connectivity index (χ0) is 13.9. The number of nitrogens with two attached hydrogens (primary N) is 1. The molecule has 1 aromatic heterocycles. The molecule has 2 atom stereocenters. The highest BCUT2D eigenvalue weighted by atomic mass is 16.2. The second kappa shape index (κ2) is 5.72. The van der Waals surface area contributed by atoms with Gasteiger partial charge in [0.25, 0.3) is 5.91 Å². The predicted octanol–water partition coefficient (Wildman–Crippen LogP) is 0.119. The van der Waals surface area contributed by atoms with Crippen molar-refractivity contribution < 1.29 is 4.79 Å². The second-order valence-electron chi connectivity index (χ2n) is 5.40. The monoisotopic (exact) mass is 276 g/mol. The van der Waals surface area contributed by atoms with Crippen LogP contribution in [0.25, 0.3) is 0 Å². The maximum atomic E-state index is 12.2. The zero-order valence-electron chi connectivity index (χ0n) is 11.4. The summed E-state index contributed by atoms with van der Waals surface area (Å²) in [7, 11) is 0. The third-order valence-corrected chi connectivity index (χ3v) is 4.20. The molecule has 2 fully saturated rings. The number of piperidine rings is 1. The van der Waals surface area contributed by atoms with Crippen LogP contribution in [-0.4, -0.2) is 45.9 Å². The summed E-state index contributed by atoms with van der Waals surface area (Å²) in [6, 6.07) is 0.725. The third-order valence-electron chi connectivity index (χ3n) is 4.20. The number of nitrogens with zero attached hydrogens (tertiary/aromatic N) is 3. The molecule has 4 N–H and O–H groups in total. The number of carbonyl (C=O) groups is 1. The fourth-order valence-corrected chi connectivity index (χ4v) is 3.18. The molecule has 2 unspecified atom stereocenters. The minimum Gasteiger partial charge on any atom is -0.346 e. The quantitative estimate of drug-likeness (QED) is 0.536. The number of nitrogens with one attached hydrogen (secondary N) is 2. The molecule has 0 spiro atoms. The zero-order valence-corrected chi connectivity index (χ0v) is 11.4. The maximum Gasteiger partial charge on any atom is 0.271 e. The van der Waals surface area contributed by atoms with Crippen molar-refractivity contribution in [3.05, 3.63) is 18.1 Å². The number of nitrogen functional groups attached to an aromatic ring is 1. The fourth-order valence-electron chi connectivity index (χ4n) is 3.18. The minimum absolute atomic E-state index is 0.154. The van der Waals surface area contributed by atoms with E-state index in [1.54, 1.807) is 0 Å². The van der Waals surface area contributed by atoms with E-state index in [1.807, 2.05) is 0 Å². The summed E-state index contributed by atoms with van der Waals surface area (Å²) in [5, 5.41) is 3.10. The Bertz CT molecular complexity index is 476. The van der Waals surface area contributed by atoms with Gasteiger partial charge >= 0.3 is 0 Å². The molecule has 0 radical (unpaired) electrons. The van der Waals surface area contributed by atoms with E-state index in [9.17, 15) is 4.79 Å². The van der Waals surface area contributed by atoms with Crippen LogP contribution in [0.2, 0.25) is 0 Å². The highest BCUT2D eigenvalue weighted by Crippen LogP contribution is 2.27. The molecule has 2 aliphatic rings. The topological polar surface area (TPSA) is 96.2 Å². The highest BCUT2D eigenvalue weighted by Gasteiger charge is 2.36. The highest BCUT2D eigenvalue weighted by molar-refractivity contribution is 5.92. The first-order valence-electron chi connectivity index (χ1n) is 7.11. The van der Waals surface area contributed by atoms with Crippen LogP contribution in [0.3, 0.4) is 0 Å². The molecule has 2 saturated heterocycles.